The number of nitrogens with one attached hydrogen (secondary N) is 1. The molecular formula is C21H20N2O3. The molecule has 1 aliphatic heterocycles. The summed E-state index contributed by atoms with van der Waals surface area (Å²) in [4.78, 5) is 29.6. The number of ether oxygens (including phenoxy) is 1. The zero-order valence-electron chi connectivity index (χ0n) is 14.6. The number of anilines is 1. The molecule has 132 valence electrons. The maximum absolute atomic E-state index is 12.6. The molecule has 0 bridgehead atoms. The minimum atomic E-state index is -0.400. The third-order valence-electron chi connectivity index (χ3n) is 4.84. The van der Waals surface area contributed by atoms with E-state index in [0.29, 0.717) is 0 Å². The lowest BCUT2D eigenvalue weighted by Crippen LogP contribution is -2.38. The standard InChI is InChI=1S/C21H20N2O3/c1-14-10-15-6-2-5-9-19(15)23(14)20(24)13-26-21(25)11-16-12-22-18-8-4-3-7-17(16)18/h2-9,12,14,22H,10-11,13H2,1H3. The van der Waals surface area contributed by atoms with Crippen LogP contribution in [0.2, 0.25) is 0 Å². The van der Waals surface area contributed by atoms with Crippen LogP contribution in [0.15, 0.2) is 54.7 Å². The molecule has 1 aromatic heterocycles. The van der Waals surface area contributed by atoms with E-state index in [1.54, 1.807) is 4.90 Å². The SMILES string of the molecule is CC1Cc2ccccc2N1C(=O)COC(=O)Cc1c[nH]c2ccccc12. The number of benzene rings is 2. The van der Waals surface area contributed by atoms with Crippen molar-refractivity contribution < 1.29 is 14.3 Å². The Bertz CT molecular complexity index is 976. The lowest BCUT2D eigenvalue weighted by atomic mass is 10.1. The van der Waals surface area contributed by atoms with Crippen LogP contribution in [0.4, 0.5) is 5.69 Å². The Labute approximate surface area is 151 Å². The summed E-state index contributed by atoms with van der Waals surface area (Å²) in [6, 6.07) is 15.7. The van der Waals surface area contributed by atoms with E-state index < -0.39 is 5.97 Å². The number of fused-ring (bicyclic) bond motifs is 2. The van der Waals surface area contributed by atoms with Gasteiger partial charge in [-0.25, -0.2) is 0 Å². The van der Waals surface area contributed by atoms with Gasteiger partial charge >= 0.3 is 5.97 Å². The van der Waals surface area contributed by atoms with E-state index >= 15 is 0 Å². The minimum absolute atomic E-state index is 0.0761. The quantitative estimate of drug-likeness (QED) is 0.736. The van der Waals surface area contributed by atoms with Gasteiger partial charge in [0.05, 0.1) is 6.42 Å². The van der Waals surface area contributed by atoms with Crippen molar-refractivity contribution in [3.8, 4) is 0 Å². The zero-order chi connectivity index (χ0) is 18.1. The van der Waals surface area contributed by atoms with Crippen molar-refractivity contribution in [1.82, 2.24) is 4.98 Å². The fourth-order valence-corrected chi connectivity index (χ4v) is 3.64. The van der Waals surface area contributed by atoms with Gasteiger partial charge in [0.1, 0.15) is 0 Å². The lowest BCUT2D eigenvalue weighted by molar-refractivity contribution is -0.147. The summed E-state index contributed by atoms with van der Waals surface area (Å²) >= 11 is 0. The summed E-state index contributed by atoms with van der Waals surface area (Å²) in [6.45, 7) is 1.77. The van der Waals surface area contributed by atoms with E-state index in [-0.39, 0.29) is 25.0 Å². The summed E-state index contributed by atoms with van der Waals surface area (Å²) in [6.07, 6.45) is 2.78. The van der Waals surface area contributed by atoms with E-state index in [2.05, 4.69) is 4.98 Å². The number of rotatable bonds is 4. The molecule has 0 aliphatic carbocycles. The van der Waals surface area contributed by atoms with E-state index in [9.17, 15) is 9.59 Å². The molecule has 0 fully saturated rings. The van der Waals surface area contributed by atoms with Crippen molar-refractivity contribution in [1.29, 1.82) is 0 Å². The fourth-order valence-electron chi connectivity index (χ4n) is 3.64. The Morgan fingerprint density at radius 1 is 1.15 bits per heavy atom. The number of para-hydroxylation sites is 2. The van der Waals surface area contributed by atoms with Gasteiger partial charge in [-0.05, 0) is 36.6 Å². The van der Waals surface area contributed by atoms with Gasteiger partial charge in [-0.1, -0.05) is 36.4 Å². The number of hydrogen-bond acceptors (Lipinski definition) is 3. The number of amides is 1. The molecule has 0 saturated heterocycles. The highest BCUT2D eigenvalue weighted by molar-refractivity contribution is 5.98. The average Bonchev–Trinajstić information content (AvgIpc) is 3.20. The molecule has 26 heavy (non-hydrogen) atoms. The Hall–Kier alpha value is -3.08. The largest absolute Gasteiger partial charge is 0.455 e. The second kappa shape index (κ2) is 6.67. The van der Waals surface area contributed by atoms with Crippen molar-refractivity contribution in [2.75, 3.05) is 11.5 Å². The number of carbonyl (C=O) groups is 2. The molecule has 0 spiro atoms. The highest BCUT2D eigenvalue weighted by atomic mass is 16.5. The Morgan fingerprint density at radius 3 is 2.81 bits per heavy atom. The van der Waals surface area contributed by atoms with E-state index in [1.807, 2.05) is 61.7 Å². The predicted octanol–water partition coefficient (Wildman–Crippen LogP) is 3.23. The second-order valence-electron chi connectivity index (χ2n) is 6.64. The van der Waals surface area contributed by atoms with E-state index in [1.165, 1.54) is 0 Å². The second-order valence-corrected chi connectivity index (χ2v) is 6.64. The van der Waals surface area contributed by atoms with Crippen molar-refractivity contribution >= 4 is 28.5 Å². The number of hydrogen-bond donors (Lipinski definition) is 1. The van der Waals surface area contributed by atoms with Crippen LogP contribution in [0.1, 0.15) is 18.1 Å². The van der Waals surface area contributed by atoms with E-state index in [0.717, 1.165) is 34.1 Å². The van der Waals surface area contributed by atoms with Crippen LogP contribution in [0.5, 0.6) is 0 Å². The van der Waals surface area contributed by atoms with Gasteiger partial charge in [-0.15, -0.1) is 0 Å². The summed E-state index contributed by atoms with van der Waals surface area (Å²) < 4.78 is 5.26. The Morgan fingerprint density at radius 2 is 1.92 bits per heavy atom. The molecular weight excluding hydrogens is 328 g/mol. The topological polar surface area (TPSA) is 62.4 Å². The Kier molecular flexibility index (Phi) is 4.21. The Balaban J connectivity index is 1.39. The lowest BCUT2D eigenvalue weighted by Gasteiger charge is -2.22. The summed E-state index contributed by atoms with van der Waals surface area (Å²) in [5.74, 6) is -0.585. The number of carbonyl (C=O) groups excluding carboxylic acids is 2. The smallest absolute Gasteiger partial charge is 0.310 e. The molecule has 1 unspecified atom stereocenters. The fraction of sp³-hybridized carbons (Fsp3) is 0.238. The molecule has 4 rings (SSSR count). The molecule has 2 aromatic carbocycles. The van der Waals surface area contributed by atoms with Gasteiger partial charge in [0.15, 0.2) is 6.61 Å². The maximum atomic E-state index is 12.6. The number of aromatic nitrogens is 1. The first-order chi connectivity index (χ1) is 12.6. The molecule has 1 aliphatic rings. The molecule has 5 heteroatoms. The monoisotopic (exact) mass is 348 g/mol. The van der Waals surface area contributed by atoms with Crippen LogP contribution in [0, 0.1) is 0 Å². The summed E-state index contributed by atoms with van der Waals surface area (Å²) in [7, 11) is 0. The number of aromatic amines is 1. The van der Waals surface area contributed by atoms with Crippen LogP contribution >= 0.6 is 0 Å². The van der Waals surface area contributed by atoms with Gasteiger partial charge in [0, 0.05) is 28.8 Å². The van der Waals surface area contributed by atoms with E-state index in [4.69, 9.17) is 4.74 Å². The minimum Gasteiger partial charge on any atom is -0.455 e. The summed E-state index contributed by atoms with van der Waals surface area (Å²) in [5.41, 5.74) is 3.92. The van der Waals surface area contributed by atoms with Crippen molar-refractivity contribution in [3.63, 3.8) is 0 Å². The van der Waals surface area contributed by atoms with Crippen LogP contribution in [-0.2, 0) is 27.2 Å². The van der Waals surface area contributed by atoms with Crippen LogP contribution in [-0.4, -0.2) is 29.5 Å². The molecule has 0 radical (unpaired) electrons. The normalized spacial score (nSPS) is 15.9. The van der Waals surface area contributed by atoms with Gasteiger partial charge in [-0.2, -0.15) is 0 Å². The molecule has 2 heterocycles. The van der Waals surface area contributed by atoms with Crippen LogP contribution in [0.25, 0.3) is 10.9 Å². The van der Waals surface area contributed by atoms with Crippen LogP contribution < -0.4 is 4.90 Å². The molecule has 5 nitrogen and oxygen atoms in total. The van der Waals surface area contributed by atoms with Gasteiger partial charge in [-0.3, -0.25) is 9.59 Å². The number of nitrogens with zero attached hydrogens (tertiary/aromatic N) is 1. The molecule has 1 atom stereocenters. The molecule has 3 aromatic rings. The van der Waals surface area contributed by atoms with Crippen molar-refractivity contribution in [2.45, 2.75) is 25.8 Å². The first-order valence-electron chi connectivity index (χ1n) is 8.74. The van der Waals surface area contributed by atoms with Crippen LogP contribution in [0.3, 0.4) is 0 Å². The molecule has 0 saturated carbocycles. The van der Waals surface area contributed by atoms with Crippen molar-refractivity contribution in [2.24, 2.45) is 0 Å². The highest BCUT2D eigenvalue weighted by Crippen LogP contribution is 2.31. The highest BCUT2D eigenvalue weighted by Gasteiger charge is 2.30. The van der Waals surface area contributed by atoms with Gasteiger partial charge < -0.3 is 14.6 Å². The summed E-state index contributed by atoms with van der Waals surface area (Å²) in [5, 5.41) is 0.998. The first kappa shape index (κ1) is 16.4. The molecule has 1 N–H and O–H groups in total. The third kappa shape index (κ3) is 2.96. The van der Waals surface area contributed by atoms with Gasteiger partial charge in [0.25, 0.3) is 5.91 Å². The zero-order valence-corrected chi connectivity index (χ0v) is 14.6. The maximum Gasteiger partial charge on any atom is 0.310 e. The van der Waals surface area contributed by atoms with Gasteiger partial charge in [0.2, 0.25) is 0 Å². The molecule has 1 amide bonds. The number of H-pyrrole nitrogens is 1. The first-order valence-corrected chi connectivity index (χ1v) is 8.74. The average molecular weight is 348 g/mol. The predicted molar refractivity (Wildman–Crippen MR) is 100 cm³/mol. The number of esters is 1. The third-order valence-corrected chi connectivity index (χ3v) is 4.84. The van der Waals surface area contributed by atoms with Crippen molar-refractivity contribution in [3.05, 3.63) is 65.9 Å².